The predicted octanol–water partition coefficient (Wildman–Crippen LogP) is -0.623. The molecule has 1 rings (SSSR count). The second-order valence-electron chi connectivity index (χ2n) is 5.11. The Balaban J connectivity index is 1.77. The molecule has 1 saturated heterocycles. The second-order valence-corrected chi connectivity index (χ2v) is 5.11. The van der Waals surface area contributed by atoms with Crippen LogP contribution in [-0.4, -0.2) is 95.7 Å². The van der Waals surface area contributed by atoms with E-state index < -0.39 is 0 Å². The van der Waals surface area contributed by atoms with Crippen molar-refractivity contribution in [3.63, 3.8) is 0 Å². The minimum Gasteiger partial charge on any atom is -0.378 e. The normalized spacial score (nSPS) is 17.0. The summed E-state index contributed by atoms with van der Waals surface area (Å²) in [5, 5.41) is 2.53. The Morgan fingerprint density at radius 2 is 1.67 bits per heavy atom. The number of carbonyl (C=O) groups excluding carboxylic acids is 1. The van der Waals surface area contributed by atoms with Gasteiger partial charge in [-0.05, 0) is 7.05 Å². The number of amides is 1. The Morgan fingerprint density at radius 1 is 1.00 bits per heavy atom. The number of ether oxygens (including phenoxy) is 3. The number of hydrogen-bond acceptors (Lipinski definition) is 6. The molecule has 1 heterocycles. The molecule has 124 valence electrons. The van der Waals surface area contributed by atoms with E-state index in [0.29, 0.717) is 26.2 Å². The van der Waals surface area contributed by atoms with Gasteiger partial charge in [-0.15, -0.1) is 0 Å². The van der Waals surface area contributed by atoms with Gasteiger partial charge in [-0.2, -0.15) is 0 Å². The Hall–Kier alpha value is -0.730. The van der Waals surface area contributed by atoms with E-state index in [4.69, 9.17) is 14.2 Å². The van der Waals surface area contributed by atoms with Crippen molar-refractivity contribution in [2.75, 3.05) is 80.0 Å². The SMILES string of the molecule is CNC(=O)CCOCOCCOCCN1CCN(C)CC1. The molecule has 1 aliphatic rings. The lowest BCUT2D eigenvalue weighted by molar-refractivity contribution is -0.123. The standard InChI is InChI=1S/C14H29N3O4/c1-15-14(18)3-9-20-13-21-12-11-19-10-8-17-6-4-16(2)5-7-17/h3-13H2,1-2H3,(H,15,18). The Bertz CT molecular complexity index is 271. The minimum absolute atomic E-state index is 0.0257. The van der Waals surface area contributed by atoms with Gasteiger partial charge in [0.15, 0.2) is 0 Å². The lowest BCUT2D eigenvalue weighted by Gasteiger charge is -2.32. The van der Waals surface area contributed by atoms with Crippen LogP contribution < -0.4 is 5.32 Å². The number of likely N-dealkylation sites (N-methyl/N-ethyl adjacent to an activating group) is 1. The van der Waals surface area contributed by atoms with Gasteiger partial charge < -0.3 is 24.4 Å². The molecule has 0 aromatic carbocycles. The number of nitrogens with zero attached hydrogens (tertiary/aromatic N) is 2. The van der Waals surface area contributed by atoms with E-state index in [-0.39, 0.29) is 12.7 Å². The molecule has 0 aromatic rings. The van der Waals surface area contributed by atoms with Gasteiger partial charge in [0, 0.05) is 39.8 Å². The number of hydrogen-bond donors (Lipinski definition) is 1. The average molecular weight is 303 g/mol. The third kappa shape index (κ3) is 9.76. The maximum absolute atomic E-state index is 10.9. The van der Waals surface area contributed by atoms with Crippen molar-refractivity contribution in [1.29, 1.82) is 0 Å². The molecule has 7 heteroatoms. The van der Waals surface area contributed by atoms with E-state index in [1.54, 1.807) is 7.05 Å². The van der Waals surface area contributed by atoms with E-state index in [1.807, 2.05) is 0 Å². The fourth-order valence-electron chi connectivity index (χ4n) is 1.95. The quantitative estimate of drug-likeness (QED) is 0.405. The van der Waals surface area contributed by atoms with Gasteiger partial charge in [-0.1, -0.05) is 0 Å². The van der Waals surface area contributed by atoms with E-state index >= 15 is 0 Å². The summed E-state index contributed by atoms with van der Waals surface area (Å²) in [7, 11) is 3.76. The van der Waals surface area contributed by atoms with Gasteiger partial charge in [0.25, 0.3) is 0 Å². The van der Waals surface area contributed by atoms with Crippen LogP contribution in [0.15, 0.2) is 0 Å². The number of piperazine rings is 1. The van der Waals surface area contributed by atoms with Gasteiger partial charge in [-0.3, -0.25) is 9.69 Å². The summed E-state index contributed by atoms with van der Waals surface area (Å²) >= 11 is 0. The summed E-state index contributed by atoms with van der Waals surface area (Å²) in [6, 6.07) is 0. The number of rotatable bonds is 11. The van der Waals surface area contributed by atoms with Gasteiger partial charge in [0.05, 0.1) is 32.8 Å². The van der Waals surface area contributed by atoms with E-state index in [2.05, 4.69) is 22.2 Å². The van der Waals surface area contributed by atoms with E-state index in [9.17, 15) is 4.79 Å². The fourth-order valence-corrected chi connectivity index (χ4v) is 1.95. The first-order valence-corrected chi connectivity index (χ1v) is 7.57. The molecule has 1 amide bonds. The van der Waals surface area contributed by atoms with Gasteiger partial charge >= 0.3 is 0 Å². The predicted molar refractivity (Wildman–Crippen MR) is 80.2 cm³/mol. The molecule has 0 bridgehead atoms. The molecule has 0 atom stereocenters. The lowest BCUT2D eigenvalue weighted by atomic mass is 10.3. The molecule has 0 aliphatic carbocycles. The molecule has 1 N–H and O–H groups in total. The molecule has 0 aromatic heterocycles. The number of carbonyl (C=O) groups is 1. The maximum atomic E-state index is 10.9. The van der Waals surface area contributed by atoms with E-state index in [1.165, 1.54) is 0 Å². The van der Waals surface area contributed by atoms with Gasteiger partial charge in [0.1, 0.15) is 6.79 Å². The highest BCUT2D eigenvalue weighted by atomic mass is 16.7. The van der Waals surface area contributed by atoms with Crippen LogP contribution in [0, 0.1) is 0 Å². The zero-order valence-corrected chi connectivity index (χ0v) is 13.3. The molecule has 0 spiro atoms. The molecule has 0 unspecified atom stereocenters. The summed E-state index contributed by atoms with van der Waals surface area (Å²) in [6.45, 7) is 7.91. The van der Waals surface area contributed by atoms with Crippen LogP contribution in [0.5, 0.6) is 0 Å². The van der Waals surface area contributed by atoms with Crippen LogP contribution in [-0.2, 0) is 19.0 Å². The van der Waals surface area contributed by atoms with Crippen LogP contribution in [0.1, 0.15) is 6.42 Å². The summed E-state index contributed by atoms with van der Waals surface area (Å²) in [6.07, 6.45) is 0.362. The summed E-state index contributed by atoms with van der Waals surface area (Å²) in [5.74, 6) is -0.0257. The zero-order valence-electron chi connectivity index (χ0n) is 13.3. The summed E-state index contributed by atoms with van der Waals surface area (Å²) in [4.78, 5) is 15.7. The van der Waals surface area contributed by atoms with Crippen LogP contribution in [0.3, 0.4) is 0 Å². The van der Waals surface area contributed by atoms with E-state index in [0.717, 1.165) is 39.3 Å². The van der Waals surface area contributed by atoms with Crippen molar-refractivity contribution in [2.24, 2.45) is 0 Å². The molecule has 0 radical (unpaired) electrons. The largest absolute Gasteiger partial charge is 0.378 e. The Labute approximate surface area is 127 Å². The Kier molecular flexibility index (Phi) is 10.4. The second kappa shape index (κ2) is 11.9. The molecule has 1 fully saturated rings. The van der Waals surface area contributed by atoms with Crippen molar-refractivity contribution in [3.8, 4) is 0 Å². The first-order chi connectivity index (χ1) is 10.2. The van der Waals surface area contributed by atoms with Crippen LogP contribution in [0.25, 0.3) is 0 Å². The first-order valence-electron chi connectivity index (χ1n) is 7.57. The highest BCUT2D eigenvalue weighted by molar-refractivity contribution is 5.75. The fraction of sp³-hybridized carbons (Fsp3) is 0.929. The molecule has 21 heavy (non-hydrogen) atoms. The van der Waals surface area contributed by atoms with Crippen LogP contribution >= 0.6 is 0 Å². The van der Waals surface area contributed by atoms with Crippen molar-refractivity contribution in [1.82, 2.24) is 15.1 Å². The molecular weight excluding hydrogens is 274 g/mol. The van der Waals surface area contributed by atoms with Crippen molar-refractivity contribution in [3.05, 3.63) is 0 Å². The highest BCUT2D eigenvalue weighted by Gasteiger charge is 2.12. The number of nitrogens with one attached hydrogen (secondary N) is 1. The van der Waals surface area contributed by atoms with Crippen molar-refractivity contribution in [2.45, 2.75) is 6.42 Å². The van der Waals surface area contributed by atoms with Gasteiger partial charge in [-0.25, -0.2) is 0 Å². The van der Waals surface area contributed by atoms with Crippen molar-refractivity contribution < 1.29 is 19.0 Å². The minimum atomic E-state index is -0.0257. The molecule has 0 saturated carbocycles. The summed E-state index contributed by atoms with van der Waals surface area (Å²) < 4.78 is 15.9. The topological polar surface area (TPSA) is 63.3 Å². The molecule has 1 aliphatic heterocycles. The summed E-state index contributed by atoms with van der Waals surface area (Å²) in [5.41, 5.74) is 0. The average Bonchev–Trinajstić information content (AvgIpc) is 2.50. The lowest BCUT2D eigenvalue weighted by Crippen LogP contribution is -2.45. The van der Waals surface area contributed by atoms with Crippen LogP contribution in [0.4, 0.5) is 0 Å². The first kappa shape index (κ1) is 18.3. The Morgan fingerprint density at radius 3 is 2.38 bits per heavy atom. The third-order valence-electron chi connectivity index (χ3n) is 3.44. The monoisotopic (exact) mass is 303 g/mol. The maximum Gasteiger partial charge on any atom is 0.222 e. The molecule has 7 nitrogen and oxygen atoms in total. The smallest absolute Gasteiger partial charge is 0.222 e. The highest BCUT2D eigenvalue weighted by Crippen LogP contribution is 1.98. The zero-order chi connectivity index (χ0) is 15.3. The third-order valence-corrected chi connectivity index (χ3v) is 3.44. The van der Waals surface area contributed by atoms with Crippen LogP contribution in [0.2, 0.25) is 0 Å². The van der Waals surface area contributed by atoms with Crippen molar-refractivity contribution >= 4 is 5.91 Å². The van der Waals surface area contributed by atoms with Gasteiger partial charge in [0.2, 0.25) is 5.91 Å². The molecular formula is C14H29N3O4.